The zero-order valence-corrected chi connectivity index (χ0v) is 8.26. The van der Waals surface area contributed by atoms with Gasteiger partial charge in [-0.25, -0.2) is 9.18 Å². The Labute approximate surface area is 91.5 Å². The van der Waals surface area contributed by atoms with Crippen LogP contribution >= 0.6 is 0 Å². The molecule has 3 nitrogen and oxygen atoms in total. The van der Waals surface area contributed by atoms with Gasteiger partial charge in [0.1, 0.15) is 12.1 Å². The highest BCUT2D eigenvalue weighted by atomic mass is 19.1. The monoisotopic (exact) mass is 220 g/mol. The highest BCUT2D eigenvalue weighted by molar-refractivity contribution is 5.85. The molecule has 0 heterocycles. The molecule has 0 aromatic heterocycles. The Hall–Kier alpha value is -2.23. The number of benzene rings is 1. The van der Waals surface area contributed by atoms with E-state index in [9.17, 15) is 14.0 Å². The second-order valence-corrected chi connectivity index (χ2v) is 2.95. The minimum Gasteiger partial charge on any atom is -0.478 e. The first-order valence-corrected chi connectivity index (χ1v) is 4.46. The molecule has 0 saturated heterocycles. The Morgan fingerprint density at radius 1 is 1.31 bits per heavy atom. The summed E-state index contributed by atoms with van der Waals surface area (Å²) in [6.07, 6.45) is 5.40. The van der Waals surface area contributed by atoms with Gasteiger partial charge in [0.2, 0.25) is 0 Å². The van der Waals surface area contributed by atoms with Crippen LogP contribution in [0.25, 0.3) is 12.2 Å². The lowest BCUT2D eigenvalue weighted by Gasteiger charge is -1.98. The predicted octanol–water partition coefficient (Wildman–Crippen LogP) is 2.14. The number of allylic oxidation sites excluding steroid dienone is 1. The normalized spacial score (nSPS) is 11.1. The second kappa shape index (κ2) is 5.60. The molecule has 0 amide bonds. The van der Waals surface area contributed by atoms with Crippen molar-refractivity contribution in [3.63, 3.8) is 0 Å². The number of carboxylic acids is 1. The highest BCUT2D eigenvalue weighted by Gasteiger charge is 1.99. The van der Waals surface area contributed by atoms with Crippen molar-refractivity contribution >= 4 is 24.4 Å². The van der Waals surface area contributed by atoms with Gasteiger partial charge in [-0.15, -0.1) is 0 Å². The van der Waals surface area contributed by atoms with E-state index >= 15 is 0 Å². The molecule has 82 valence electrons. The minimum absolute atomic E-state index is 0.162. The zero-order chi connectivity index (χ0) is 12.0. The largest absolute Gasteiger partial charge is 0.478 e. The van der Waals surface area contributed by atoms with Crippen LogP contribution in [0.15, 0.2) is 30.4 Å². The van der Waals surface area contributed by atoms with E-state index in [1.165, 1.54) is 30.4 Å². The van der Waals surface area contributed by atoms with Crippen LogP contribution in [0.5, 0.6) is 0 Å². The number of hydrogen-bond donors (Lipinski definition) is 1. The highest BCUT2D eigenvalue weighted by Crippen LogP contribution is 2.13. The Kier molecular flexibility index (Phi) is 4.15. The average molecular weight is 220 g/mol. The predicted molar refractivity (Wildman–Crippen MR) is 58.2 cm³/mol. The third-order valence-electron chi connectivity index (χ3n) is 1.79. The fourth-order valence-corrected chi connectivity index (χ4v) is 1.11. The van der Waals surface area contributed by atoms with Crippen LogP contribution in [0, 0.1) is 5.82 Å². The van der Waals surface area contributed by atoms with E-state index < -0.39 is 11.8 Å². The summed E-state index contributed by atoms with van der Waals surface area (Å²) in [6.45, 7) is 0. The molecular formula is C12H9FO3. The van der Waals surface area contributed by atoms with E-state index in [2.05, 4.69) is 0 Å². The summed E-state index contributed by atoms with van der Waals surface area (Å²) >= 11 is 0. The third kappa shape index (κ3) is 3.49. The van der Waals surface area contributed by atoms with E-state index in [-0.39, 0.29) is 5.56 Å². The molecule has 0 spiro atoms. The van der Waals surface area contributed by atoms with Gasteiger partial charge in [-0.3, -0.25) is 4.79 Å². The summed E-state index contributed by atoms with van der Waals surface area (Å²) in [5.74, 6) is -1.66. The third-order valence-corrected chi connectivity index (χ3v) is 1.79. The van der Waals surface area contributed by atoms with Crippen LogP contribution in [0.2, 0.25) is 0 Å². The zero-order valence-electron chi connectivity index (χ0n) is 8.26. The first-order chi connectivity index (χ1) is 7.63. The lowest BCUT2D eigenvalue weighted by atomic mass is 10.1. The molecule has 1 aromatic rings. The molecule has 16 heavy (non-hydrogen) atoms. The molecule has 1 N–H and O–H groups in total. The van der Waals surface area contributed by atoms with E-state index in [0.717, 1.165) is 12.2 Å². The van der Waals surface area contributed by atoms with E-state index in [4.69, 9.17) is 5.11 Å². The number of carbonyl (C=O) groups is 2. The van der Waals surface area contributed by atoms with Crippen LogP contribution in [0.3, 0.4) is 0 Å². The van der Waals surface area contributed by atoms with E-state index in [1.54, 1.807) is 0 Å². The van der Waals surface area contributed by atoms with Crippen LogP contribution in [-0.4, -0.2) is 17.4 Å². The lowest BCUT2D eigenvalue weighted by molar-refractivity contribution is -0.131. The molecule has 0 aliphatic carbocycles. The van der Waals surface area contributed by atoms with Crippen LogP contribution < -0.4 is 0 Å². The summed E-state index contributed by atoms with van der Waals surface area (Å²) in [7, 11) is 0. The molecule has 0 saturated carbocycles. The lowest BCUT2D eigenvalue weighted by Crippen LogP contribution is -1.88. The van der Waals surface area contributed by atoms with Crippen molar-refractivity contribution in [2.24, 2.45) is 0 Å². The Balaban J connectivity index is 3.03. The van der Waals surface area contributed by atoms with Crippen LogP contribution in [0.1, 0.15) is 11.1 Å². The molecule has 0 fully saturated rings. The van der Waals surface area contributed by atoms with Gasteiger partial charge in [-0.05, 0) is 29.8 Å². The van der Waals surface area contributed by atoms with Gasteiger partial charge in [-0.2, -0.15) is 0 Å². The molecular weight excluding hydrogens is 211 g/mol. The molecule has 0 unspecified atom stereocenters. The molecule has 0 radical (unpaired) electrons. The van der Waals surface area contributed by atoms with Crippen molar-refractivity contribution in [1.82, 2.24) is 0 Å². The van der Waals surface area contributed by atoms with Gasteiger partial charge < -0.3 is 5.11 Å². The van der Waals surface area contributed by atoms with Gasteiger partial charge in [0, 0.05) is 11.6 Å². The molecule has 0 aliphatic rings. The minimum atomic E-state index is -1.15. The topological polar surface area (TPSA) is 54.4 Å². The fraction of sp³-hybridized carbons (Fsp3) is 0. The first-order valence-electron chi connectivity index (χ1n) is 4.46. The smallest absolute Gasteiger partial charge is 0.328 e. The summed E-state index contributed by atoms with van der Waals surface area (Å²) < 4.78 is 13.2. The average Bonchev–Trinajstić information content (AvgIpc) is 2.26. The van der Waals surface area contributed by atoms with Gasteiger partial charge in [0.15, 0.2) is 0 Å². The standard InChI is InChI=1S/C12H9FO3/c13-11-5-3-9(2-1-7-14)8-10(11)4-6-12(15)16/h1-8H,(H,15,16)/b2-1?,6-4+. The van der Waals surface area contributed by atoms with Crippen molar-refractivity contribution in [2.75, 3.05) is 0 Å². The summed E-state index contributed by atoms with van der Waals surface area (Å²) in [5, 5.41) is 8.41. The quantitative estimate of drug-likeness (QED) is 0.624. The number of halogens is 1. The summed E-state index contributed by atoms with van der Waals surface area (Å²) in [5.41, 5.74) is 0.786. The van der Waals surface area contributed by atoms with E-state index in [0.29, 0.717) is 11.8 Å². The number of carbonyl (C=O) groups excluding carboxylic acids is 1. The van der Waals surface area contributed by atoms with Crippen LogP contribution in [-0.2, 0) is 9.59 Å². The number of carboxylic acid groups (broad SMARTS) is 1. The van der Waals surface area contributed by atoms with Crippen LogP contribution in [0.4, 0.5) is 4.39 Å². The van der Waals surface area contributed by atoms with Gasteiger partial charge in [0.05, 0.1) is 0 Å². The number of hydrogen-bond acceptors (Lipinski definition) is 2. The molecule has 1 rings (SSSR count). The van der Waals surface area contributed by atoms with Crippen molar-refractivity contribution in [2.45, 2.75) is 0 Å². The second-order valence-electron chi connectivity index (χ2n) is 2.95. The van der Waals surface area contributed by atoms with Crippen molar-refractivity contribution in [3.05, 3.63) is 47.3 Å². The van der Waals surface area contributed by atoms with Crippen molar-refractivity contribution in [1.29, 1.82) is 0 Å². The Bertz CT molecular complexity index is 461. The van der Waals surface area contributed by atoms with Gasteiger partial charge >= 0.3 is 5.97 Å². The maximum absolute atomic E-state index is 13.2. The molecule has 0 atom stereocenters. The van der Waals surface area contributed by atoms with E-state index in [1.807, 2.05) is 0 Å². The molecule has 1 aromatic carbocycles. The van der Waals surface area contributed by atoms with Gasteiger partial charge in [-0.1, -0.05) is 12.1 Å². The molecule has 4 heteroatoms. The maximum Gasteiger partial charge on any atom is 0.328 e. The Morgan fingerprint density at radius 3 is 2.69 bits per heavy atom. The molecule has 0 aliphatic heterocycles. The summed E-state index contributed by atoms with van der Waals surface area (Å²) in [6, 6.07) is 4.16. The SMILES string of the molecule is O=CC=Cc1ccc(F)c(/C=C/C(=O)O)c1. The number of aliphatic carboxylic acids is 1. The van der Waals surface area contributed by atoms with Crippen molar-refractivity contribution < 1.29 is 19.1 Å². The Morgan fingerprint density at radius 2 is 2.06 bits per heavy atom. The first kappa shape index (κ1) is 11.8. The number of rotatable bonds is 4. The van der Waals surface area contributed by atoms with Gasteiger partial charge in [0.25, 0.3) is 0 Å². The maximum atomic E-state index is 13.2. The summed E-state index contributed by atoms with van der Waals surface area (Å²) in [4.78, 5) is 20.4. The fourth-order valence-electron chi connectivity index (χ4n) is 1.11. The molecule has 0 bridgehead atoms. The number of aldehydes is 1. The van der Waals surface area contributed by atoms with Crippen molar-refractivity contribution in [3.8, 4) is 0 Å².